The van der Waals surface area contributed by atoms with Crippen molar-refractivity contribution in [2.75, 3.05) is 46.5 Å². The number of amides is 1. The van der Waals surface area contributed by atoms with Crippen LogP contribution in [-0.4, -0.2) is 78.2 Å². The second-order valence-corrected chi connectivity index (χ2v) is 7.89. The summed E-state index contributed by atoms with van der Waals surface area (Å²) in [5.41, 5.74) is 0.355. The van der Waals surface area contributed by atoms with Crippen LogP contribution in [0.1, 0.15) is 17.2 Å². The SMILES string of the molecule is COc1ccc(C(O)=C2C(=O)C(=O)N(CCN3CCOCC3)[C@H]2c2cccc(O)c2)cc1F. The molecule has 2 aromatic carbocycles. The predicted molar refractivity (Wildman–Crippen MR) is 117 cm³/mol. The van der Waals surface area contributed by atoms with Gasteiger partial charge in [-0.15, -0.1) is 0 Å². The van der Waals surface area contributed by atoms with Crippen LogP contribution in [0.5, 0.6) is 11.5 Å². The molecule has 2 heterocycles. The molecule has 0 aliphatic carbocycles. The Kier molecular flexibility index (Phi) is 6.62. The summed E-state index contributed by atoms with van der Waals surface area (Å²) in [7, 11) is 1.32. The molecule has 2 aliphatic rings. The number of methoxy groups -OCH3 is 1. The Bertz CT molecular complexity index is 1100. The van der Waals surface area contributed by atoms with Crippen LogP contribution in [0.3, 0.4) is 0 Å². The van der Waals surface area contributed by atoms with E-state index in [4.69, 9.17) is 9.47 Å². The molecule has 0 radical (unpaired) electrons. The third kappa shape index (κ3) is 4.55. The molecule has 0 unspecified atom stereocenters. The zero-order valence-electron chi connectivity index (χ0n) is 18.2. The summed E-state index contributed by atoms with van der Waals surface area (Å²) < 4.78 is 24.5. The molecular weight excluding hydrogens is 431 g/mol. The van der Waals surface area contributed by atoms with Gasteiger partial charge in [-0.1, -0.05) is 12.1 Å². The zero-order valence-corrected chi connectivity index (χ0v) is 18.2. The minimum atomic E-state index is -0.927. The topological polar surface area (TPSA) is 99.5 Å². The van der Waals surface area contributed by atoms with Crippen LogP contribution >= 0.6 is 0 Å². The molecule has 2 N–H and O–H groups in total. The standard InChI is InChI=1S/C24H25FN2O6/c1-32-19-6-5-16(14-18(19)25)22(29)20-21(15-3-2-4-17(28)13-15)27(24(31)23(20)30)8-7-26-9-11-33-12-10-26/h2-6,13-14,21,28-29H,7-12H2,1H3/t21-/m0/s1. The molecule has 1 atom stereocenters. The summed E-state index contributed by atoms with van der Waals surface area (Å²) in [4.78, 5) is 29.5. The summed E-state index contributed by atoms with van der Waals surface area (Å²) in [6, 6.07) is 9.06. The Morgan fingerprint density at radius 1 is 1.15 bits per heavy atom. The van der Waals surface area contributed by atoms with Gasteiger partial charge in [-0.3, -0.25) is 14.5 Å². The van der Waals surface area contributed by atoms with E-state index in [2.05, 4.69) is 4.90 Å². The third-order valence-electron chi connectivity index (χ3n) is 5.91. The number of aromatic hydroxyl groups is 1. The van der Waals surface area contributed by atoms with E-state index < -0.39 is 29.3 Å². The lowest BCUT2D eigenvalue weighted by Gasteiger charge is -2.31. The molecule has 174 valence electrons. The summed E-state index contributed by atoms with van der Waals surface area (Å²) >= 11 is 0. The number of likely N-dealkylation sites (tertiary alicyclic amines) is 1. The molecule has 2 aromatic rings. The van der Waals surface area contributed by atoms with Crippen molar-refractivity contribution in [3.8, 4) is 11.5 Å². The molecule has 0 spiro atoms. The average Bonchev–Trinajstić information content (AvgIpc) is 3.07. The smallest absolute Gasteiger partial charge is 0.295 e. The number of benzene rings is 2. The number of halogens is 1. The van der Waals surface area contributed by atoms with Crippen molar-refractivity contribution in [1.29, 1.82) is 0 Å². The van der Waals surface area contributed by atoms with Gasteiger partial charge in [0.25, 0.3) is 11.7 Å². The van der Waals surface area contributed by atoms with Crippen molar-refractivity contribution >= 4 is 17.4 Å². The molecular formula is C24H25FN2O6. The van der Waals surface area contributed by atoms with Gasteiger partial charge in [0.2, 0.25) is 0 Å². The highest BCUT2D eigenvalue weighted by atomic mass is 19.1. The van der Waals surface area contributed by atoms with Gasteiger partial charge in [0.1, 0.15) is 11.5 Å². The maximum Gasteiger partial charge on any atom is 0.295 e. The number of rotatable bonds is 6. The zero-order chi connectivity index (χ0) is 23.5. The fourth-order valence-corrected chi connectivity index (χ4v) is 4.20. The van der Waals surface area contributed by atoms with Crippen molar-refractivity contribution in [2.45, 2.75) is 6.04 Å². The fourth-order valence-electron chi connectivity index (χ4n) is 4.20. The number of phenolic OH excluding ortho intramolecular Hbond substituents is 1. The Hall–Kier alpha value is -3.43. The number of morpholine rings is 1. The predicted octanol–water partition coefficient (Wildman–Crippen LogP) is 2.29. The lowest BCUT2D eigenvalue weighted by molar-refractivity contribution is -0.140. The van der Waals surface area contributed by atoms with Gasteiger partial charge >= 0.3 is 0 Å². The largest absolute Gasteiger partial charge is 0.508 e. The number of nitrogens with zero attached hydrogens (tertiary/aromatic N) is 2. The number of ketones is 1. The summed E-state index contributed by atoms with van der Waals surface area (Å²) in [6.07, 6.45) is 0. The Morgan fingerprint density at radius 2 is 1.91 bits per heavy atom. The molecule has 33 heavy (non-hydrogen) atoms. The van der Waals surface area contributed by atoms with Crippen molar-refractivity contribution in [3.63, 3.8) is 0 Å². The lowest BCUT2D eigenvalue weighted by Crippen LogP contribution is -2.42. The molecule has 0 saturated carbocycles. The van der Waals surface area contributed by atoms with E-state index >= 15 is 0 Å². The summed E-state index contributed by atoms with van der Waals surface area (Å²) in [5, 5.41) is 21.0. The van der Waals surface area contributed by atoms with Crippen LogP contribution in [0.25, 0.3) is 5.76 Å². The van der Waals surface area contributed by atoms with E-state index in [0.29, 0.717) is 38.4 Å². The molecule has 8 nitrogen and oxygen atoms in total. The van der Waals surface area contributed by atoms with E-state index in [-0.39, 0.29) is 29.2 Å². The van der Waals surface area contributed by atoms with Gasteiger partial charge in [0, 0.05) is 31.7 Å². The molecule has 4 rings (SSSR count). The molecule has 2 fully saturated rings. The number of Topliss-reactive ketones (excluding diaryl/α,β-unsaturated/α-hetero) is 1. The maximum absolute atomic E-state index is 14.3. The van der Waals surface area contributed by atoms with Crippen LogP contribution in [-0.2, 0) is 14.3 Å². The number of carbonyl (C=O) groups excluding carboxylic acids is 2. The Morgan fingerprint density at radius 3 is 2.58 bits per heavy atom. The highest BCUT2D eigenvalue weighted by Crippen LogP contribution is 2.40. The minimum Gasteiger partial charge on any atom is -0.508 e. The number of phenols is 1. The quantitative estimate of drug-likeness (QED) is 0.391. The Labute approximate surface area is 190 Å². The van der Waals surface area contributed by atoms with Gasteiger partial charge in [-0.05, 0) is 35.9 Å². The van der Waals surface area contributed by atoms with E-state index in [1.54, 1.807) is 12.1 Å². The highest BCUT2D eigenvalue weighted by molar-refractivity contribution is 6.46. The monoisotopic (exact) mass is 456 g/mol. The molecule has 2 saturated heterocycles. The molecule has 0 aromatic heterocycles. The van der Waals surface area contributed by atoms with Crippen molar-refractivity contribution in [2.24, 2.45) is 0 Å². The first-order chi connectivity index (χ1) is 15.9. The van der Waals surface area contributed by atoms with Crippen LogP contribution in [0.4, 0.5) is 4.39 Å². The van der Waals surface area contributed by atoms with E-state index in [9.17, 15) is 24.2 Å². The van der Waals surface area contributed by atoms with Crippen LogP contribution < -0.4 is 4.74 Å². The number of aliphatic hydroxyl groups excluding tert-OH is 1. The number of aliphatic hydroxyl groups is 1. The van der Waals surface area contributed by atoms with Crippen molar-refractivity contribution in [1.82, 2.24) is 9.80 Å². The first kappa shape index (κ1) is 22.8. The first-order valence-corrected chi connectivity index (χ1v) is 10.6. The van der Waals surface area contributed by atoms with Gasteiger partial charge in [-0.2, -0.15) is 0 Å². The van der Waals surface area contributed by atoms with Crippen molar-refractivity contribution in [3.05, 3.63) is 65.0 Å². The van der Waals surface area contributed by atoms with Crippen LogP contribution in [0.2, 0.25) is 0 Å². The fraction of sp³-hybridized carbons (Fsp3) is 0.333. The van der Waals surface area contributed by atoms with E-state index in [1.165, 1.54) is 36.3 Å². The molecule has 2 aliphatic heterocycles. The van der Waals surface area contributed by atoms with Gasteiger partial charge in [0.15, 0.2) is 11.6 Å². The van der Waals surface area contributed by atoms with Gasteiger partial charge in [-0.25, -0.2) is 4.39 Å². The highest BCUT2D eigenvalue weighted by Gasteiger charge is 2.46. The van der Waals surface area contributed by atoms with Crippen molar-refractivity contribution < 1.29 is 33.7 Å². The first-order valence-electron chi connectivity index (χ1n) is 10.6. The van der Waals surface area contributed by atoms with Crippen LogP contribution in [0.15, 0.2) is 48.0 Å². The number of ether oxygens (including phenoxy) is 2. The van der Waals surface area contributed by atoms with Gasteiger partial charge < -0.3 is 24.6 Å². The van der Waals surface area contributed by atoms with E-state index in [1.807, 2.05) is 0 Å². The van der Waals surface area contributed by atoms with E-state index in [0.717, 1.165) is 6.07 Å². The normalized spacial score (nSPS) is 20.9. The second kappa shape index (κ2) is 9.60. The number of carbonyl (C=O) groups is 2. The second-order valence-electron chi connectivity index (χ2n) is 7.89. The summed E-state index contributed by atoms with van der Waals surface area (Å²) in [6.45, 7) is 3.37. The number of hydrogen-bond acceptors (Lipinski definition) is 7. The Balaban J connectivity index is 1.75. The maximum atomic E-state index is 14.3. The van der Waals surface area contributed by atoms with Crippen LogP contribution in [0, 0.1) is 5.82 Å². The average molecular weight is 456 g/mol. The number of hydrogen-bond donors (Lipinski definition) is 2. The van der Waals surface area contributed by atoms with Gasteiger partial charge in [0.05, 0.1) is 31.9 Å². The summed E-state index contributed by atoms with van der Waals surface area (Å²) in [5.74, 6) is -2.87. The molecule has 1 amide bonds. The minimum absolute atomic E-state index is 0.0120. The lowest BCUT2D eigenvalue weighted by atomic mass is 9.95. The third-order valence-corrected chi connectivity index (χ3v) is 5.91. The molecule has 9 heteroatoms. The molecule has 0 bridgehead atoms.